The van der Waals surface area contributed by atoms with Crippen molar-refractivity contribution in [1.29, 1.82) is 0 Å². The fourth-order valence-corrected chi connectivity index (χ4v) is 0.572. The minimum absolute atomic E-state index is 0.299. The average molecular weight is 186 g/mol. The van der Waals surface area contributed by atoms with E-state index >= 15 is 0 Å². The van der Waals surface area contributed by atoms with Gasteiger partial charge in [-0.25, -0.2) is 4.98 Å². The van der Waals surface area contributed by atoms with E-state index in [1.807, 2.05) is 0 Å². The van der Waals surface area contributed by atoms with E-state index in [0.29, 0.717) is 12.5 Å². The molecule has 0 saturated heterocycles. The summed E-state index contributed by atoms with van der Waals surface area (Å²) in [4.78, 5) is 3.08. The van der Waals surface area contributed by atoms with Crippen molar-refractivity contribution in [3.63, 3.8) is 0 Å². The van der Waals surface area contributed by atoms with Gasteiger partial charge in [0.15, 0.2) is 0 Å². The van der Waals surface area contributed by atoms with Crippen molar-refractivity contribution in [2.75, 3.05) is 0 Å². The number of hydrogen-bond donors (Lipinski definition) is 0. The van der Waals surface area contributed by atoms with Crippen LogP contribution in [0.1, 0.15) is 0 Å². The first-order valence-corrected chi connectivity index (χ1v) is 2.78. The summed E-state index contributed by atoms with van der Waals surface area (Å²) < 4.78 is 59.1. The van der Waals surface area contributed by atoms with Gasteiger partial charge in [-0.1, -0.05) is 0 Å². The van der Waals surface area contributed by atoms with E-state index in [9.17, 15) is 22.0 Å². The van der Waals surface area contributed by atoms with Crippen LogP contribution in [0.2, 0.25) is 0 Å². The summed E-state index contributed by atoms with van der Waals surface area (Å²) in [5.41, 5.74) is 0. The summed E-state index contributed by atoms with van der Waals surface area (Å²) in [5.74, 6) is 0. The van der Waals surface area contributed by atoms with Crippen LogP contribution in [0, 0.1) is 0 Å². The summed E-state index contributed by atoms with van der Waals surface area (Å²) in [7, 11) is 0. The normalized spacial score (nSPS) is 13.4. The molecule has 0 unspecified atom stereocenters. The van der Waals surface area contributed by atoms with E-state index in [0.717, 1.165) is 6.20 Å². The number of nitrogens with zero attached hydrogens (tertiary/aromatic N) is 2. The summed E-state index contributed by atoms with van der Waals surface area (Å²) in [6, 6.07) is -4.89. The van der Waals surface area contributed by atoms with Gasteiger partial charge < -0.3 is 0 Å². The van der Waals surface area contributed by atoms with Crippen molar-refractivity contribution < 1.29 is 22.0 Å². The SMILES string of the molecule is FC(F)(F)C(F)(F)n1ccnc1. The van der Waals surface area contributed by atoms with Crippen LogP contribution in [-0.4, -0.2) is 15.7 Å². The Balaban J connectivity index is 3.02. The van der Waals surface area contributed by atoms with Gasteiger partial charge >= 0.3 is 12.2 Å². The molecule has 7 heteroatoms. The quantitative estimate of drug-likeness (QED) is 0.613. The first-order chi connectivity index (χ1) is 5.36. The van der Waals surface area contributed by atoms with E-state index in [1.165, 1.54) is 0 Å². The molecule has 0 saturated carbocycles. The maximum Gasteiger partial charge on any atom is 0.475 e. The van der Waals surface area contributed by atoms with Gasteiger partial charge in [0.2, 0.25) is 0 Å². The van der Waals surface area contributed by atoms with Gasteiger partial charge in [0, 0.05) is 12.4 Å². The fourth-order valence-electron chi connectivity index (χ4n) is 0.572. The van der Waals surface area contributed by atoms with Gasteiger partial charge in [0.1, 0.15) is 0 Å². The average Bonchev–Trinajstić information content (AvgIpc) is 2.34. The molecule has 1 heterocycles. The molecule has 0 aromatic carbocycles. The van der Waals surface area contributed by atoms with Crippen molar-refractivity contribution in [1.82, 2.24) is 9.55 Å². The Hall–Kier alpha value is -1.14. The first kappa shape index (κ1) is 8.95. The Morgan fingerprint density at radius 1 is 1.08 bits per heavy atom. The highest BCUT2D eigenvalue weighted by Crippen LogP contribution is 2.39. The topological polar surface area (TPSA) is 17.8 Å². The Morgan fingerprint density at radius 3 is 2.00 bits per heavy atom. The van der Waals surface area contributed by atoms with Crippen LogP contribution in [0.5, 0.6) is 0 Å². The van der Waals surface area contributed by atoms with Crippen molar-refractivity contribution in [3.05, 3.63) is 18.7 Å². The highest BCUT2D eigenvalue weighted by Gasteiger charge is 2.59. The van der Waals surface area contributed by atoms with Crippen LogP contribution >= 0.6 is 0 Å². The lowest BCUT2D eigenvalue weighted by Crippen LogP contribution is -2.38. The molecule has 0 radical (unpaired) electrons. The van der Waals surface area contributed by atoms with Crippen molar-refractivity contribution in [2.45, 2.75) is 12.2 Å². The van der Waals surface area contributed by atoms with Gasteiger partial charge in [0.25, 0.3) is 0 Å². The second-order valence-corrected chi connectivity index (χ2v) is 2.01. The molecule has 1 rings (SSSR count). The molecule has 0 aliphatic heterocycles. The molecule has 12 heavy (non-hydrogen) atoms. The fraction of sp³-hybridized carbons (Fsp3) is 0.400. The number of rotatable bonds is 1. The molecule has 68 valence electrons. The smallest absolute Gasteiger partial charge is 0.270 e. The third-order valence-electron chi connectivity index (χ3n) is 1.17. The molecular weight excluding hydrogens is 183 g/mol. The van der Waals surface area contributed by atoms with Gasteiger partial charge in [-0.3, -0.25) is 4.57 Å². The van der Waals surface area contributed by atoms with E-state index in [2.05, 4.69) is 4.98 Å². The zero-order valence-electron chi connectivity index (χ0n) is 5.52. The maximum absolute atomic E-state index is 12.3. The zero-order valence-corrected chi connectivity index (χ0v) is 5.52. The van der Waals surface area contributed by atoms with Crippen molar-refractivity contribution >= 4 is 0 Å². The lowest BCUT2D eigenvalue weighted by molar-refractivity contribution is -0.324. The van der Waals surface area contributed by atoms with E-state index in [-0.39, 0.29) is 4.57 Å². The Bertz CT molecular complexity index is 249. The second-order valence-electron chi connectivity index (χ2n) is 2.01. The predicted molar refractivity (Wildman–Crippen MR) is 28.5 cm³/mol. The molecule has 0 bridgehead atoms. The molecule has 1 aromatic rings. The summed E-state index contributed by atoms with van der Waals surface area (Å²) in [5, 5.41) is 0. The highest BCUT2D eigenvalue weighted by molar-refractivity contribution is 4.83. The predicted octanol–water partition coefficient (Wildman–Crippen LogP) is 1.99. The van der Waals surface area contributed by atoms with E-state index in [4.69, 9.17) is 0 Å². The number of aromatic nitrogens is 2. The Labute approximate surface area is 63.6 Å². The number of halogens is 5. The third kappa shape index (κ3) is 1.26. The van der Waals surface area contributed by atoms with E-state index in [1.54, 1.807) is 0 Å². The maximum atomic E-state index is 12.3. The largest absolute Gasteiger partial charge is 0.475 e. The monoisotopic (exact) mass is 186 g/mol. The lowest BCUT2D eigenvalue weighted by atomic mass is 10.5. The Morgan fingerprint density at radius 2 is 1.67 bits per heavy atom. The van der Waals surface area contributed by atoms with Gasteiger partial charge in [-0.2, -0.15) is 22.0 Å². The number of imidazole rings is 1. The summed E-state index contributed by atoms with van der Waals surface area (Å²) >= 11 is 0. The van der Waals surface area contributed by atoms with Crippen LogP contribution in [0.3, 0.4) is 0 Å². The van der Waals surface area contributed by atoms with Crippen molar-refractivity contribution in [2.24, 2.45) is 0 Å². The standard InChI is InChI=1S/C5H3F5N2/c6-4(7,8)5(9,10)12-2-1-11-3-12/h1-3H. The third-order valence-corrected chi connectivity index (χ3v) is 1.17. The van der Waals surface area contributed by atoms with Crippen LogP contribution in [0.4, 0.5) is 22.0 Å². The molecule has 0 spiro atoms. The number of alkyl halides is 5. The molecule has 2 nitrogen and oxygen atoms in total. The molecule has 0 fully saturated rings. The lowest BCUT2D eigenvalue weighted by Gasteiger charge is -2.19. The zero-order chi connectivity index (χ0) is 9.41. The van der Waals surface area contributed by atoms with Gasteiger partial charge in [-0.05, 0) is 0 Å². The molecule has 0 amide bonds. The van der Waals surface area contributed by atoms with E-state index < -0.39 is 12.2 Å². The second kappa shape index (κ2) is 2.43. The van der Waals surface area contributed by atoms with Gasteiger partial charge in [-0.15, -0.1) is 0 Å². The van der Waals surface area contributed by atoms with Crippen molar-refractivity contribution in [3.8, 4) is 0 Å². The van der Waals surface area contributed by atoms with Crippen LogP contribution < -0.4 is 0 Å². The van der Waals surface area contributed by atoms with Crippen LogP contribution in [0.25, 0.3) is 0 Å². The molecule has 0 N–H and O–H groups in total. The Kier molecular flexibility index (Phi) is 1.81. The molecule has 0 aliphatic rings. The van der Waals surface area contributed by atoms with Gasteiger partial charge in [0.05, 0.1) is 6.33 Å². The molecule has 0 atom stereocenters. The molecule has 1 aromatic heterocycles. The number of hydrogen-bond acceptors (Lipinski definition) is 1. The minimum atomic E-state index is -5.59. The first-order valence-electron chi connectivity index (χ1n) is 2.78. The summed E-state index contributed by atoms with van der Waals surface area (Å²) in [6.45, 7) is 0. The van der Waals surface area contributed by atoms with Crippen LogP contribution in [-0.2, 0) is 6.05 Å². The summed E-state index contributed by atoms with van der Waals surface area (Å²) in [6.07, 6.45) is -3.78. The molecule has 0 aliphatic carbocycles. The van der Waals surface area contributed by atoms with Crippen LogP contribution in [0.15, 0.2) is 18.7 Å². The molecular formula is C5H3F5N2. The highest BCUT2D eigenvalue weighted by atomic mass is 19.4. The minimum Gasteiger partial charge on any atom is -0.270 e.